The first-order valence-corrected chi connectivity index (χ1v) is 11.3. The van der Waals surface area contributed by atoms with Crippen LogP contribution < -0.4 is 10.6 Å². The number of ketones is 1. The van der Waals surface area contributed by atoms with Crippen molar-refractivity contribution in [2.24, 2.45) is 11.8 Å². The first-order chi connectivity index (χ1) is 14.8. The lowest BCUT2D eigenvalue weighted by Crippen LogP contribution is -2.54. The van der Waals surface area contributed by atoms with E-state index in [2.05, 4.69) is 36.3 Å². The number of nitrogens with one attached hydrogen (secondary N) is 2. The van der Waals surface area contributed by atoms with E-state index in [-0.39, 0.29) is 30.3 Å². The molecule has 3 heterocycles. The van der Waals surface area contributed by atoms with Gasteiger partial charge < -0.3 is 24.7 Å². The van der Waals surface area contributed by atoms with Gasteiger partial charge >= 0.3 is 0 Å². The van der Waals surface area contributed by atoms with E-state index in [0.717, 1.165) is 32.4 Å². The van der Waals surface area contributed by atoms with Gasteiger partial charge in [0.1, 0.15) is 25.0 Å². The normalized spacial score (nSPS) is 23.8. The molecule has 1 aromatic heterocycles. The fourth-order valence-electron chi connectivity index (χ4n) is 4.05. The van der Waals surface area contributed by atoms with Gasteiger partial charge in [-0.25, -0.2) is 0 Å². The molecule has 8 nitrogen and oxygen atoms in total. The zero-order valence-corrected chi connectivity index (χ0v) is 18.8. The third-order valence-corrected chi connectivity index (χ3v) is 6.55. The molecule has 172 valence electrons. The first-order valence-electron chi connectivity index (χ1n) is 11.3. The second kappa shape index (κ2) is 10.9. The maximum atomic E-state index is 13.1. The van der Waals surface area contributed by atoms with Crippen LogP contribution in [-0.4, -0.2) is 66.9 Å². The summed E-state index contributed by atoms with van der Waals surface area (Å²) in [6.07, 6.45) is 5.99. The van der Waals surface area contributed by atoms with E-state index < -0.39 is 12.1 Å². The highest BCUT2D eigenvalue weighted by atomic mass is 16.5. The molecule has 3 rings (SSSR count). The Hall–Kier alpha value is -2.19. The number of carbonyl (C=O) groups is 3. The van der Waals surface area contributed by atoms with Crippen LogP contribution in [0.4, 0.5) is 0 Å². The van der Waals surface area contributed by atoms with Crippen LogP contribution in [-0.2, 0) is 14.3 Å². The van der Waals surface area contributed by atoms with Gasteiger partial charge in [0.25, 0.3) is 5.91 Å². The summed E-state index contributed by atoms with van der Waals surface area (Å²) in [5, 5.41) is 5.69. The maximum absolute atomic E-state index is 13.1. The van der Waals surface area contributed by atoms with Crippen LogP contribution in [0, 0.1) is 11.8 Å². The third kappa shape index (κ3) is 6.40. The topological polar surface area (TPSA) is 101 Å². The quantitative estimate of drug-likeness (QED) is 0.585. The van der Waals surface area contributed by atoms with Gasteiger partial charge in [-0.05, 0) is 56.7 Å². The number of carbonyl (C=O) groups excluding carboxylic acids is 3. The predicted molar refractivity (Wildman–Crippen MR) is 116 cm³/mol. The second-order valence-electron chi connectivity index (χ2n) is 9.15. The summed E-state index contributed by atoms with van der Waals surface area (Å²) in [6, 6.07) is 0.148. The molecular formula is C23H35N3O5. The molecule has 2 N–H and O–H groups in total. The number of furan rings is 1. The van der Waals surface area contributed by atoms with Gasteiger partial charge in [-0.15, -0.1) is 0 Å². The van der Waals surface area contributed by atoms with Gasteiger partial charge in [-0.2, -0.15) is 0 Å². The van der Waals surface area contributed by atoms with E-state index in [1.165, 1.54) is 12.5 Å². The van der Waals surface area contributed by atoms with Crippen LogP contribution in [0.25, 0.3) is 0 Å². The van der Waals surface area contributed by atoms with E-state index in [0.29, 0.717) is 30.4 Å². The molecular weight excluding hydrogens is 398 g/mol. The van der Waals surface area contributed by atoms with Crippen LogP contribution in [0.5, 0.6) is 0 Å². The van der Waals surface area contributed by atoms with E-state index in [1.54, 1.807) is 6.07 Å². The second-order valence-corrected chi connectivity index (χ2v) is 9.15. The Morgan fingerprint density at radius 1 is 1.19 bits per heavy atom. The van der Waals surface area contributed by atoms with Gasteiger partial charge in [0.05, 0.1) is 17.9 Å². The lowest BCUT2D eigenvalue weighted by molar-refractivity contribution is -0.127. The van der Waals surface area contributed by atoms with Gasteiger partial charge in [0, 0.05) is 6.54 Å². The fourth-order valence-corrected chi connectivity index (χ4v) is 4.05. The summed E-state index contributed by atoms with van der Waals surface area (Å²) in [4.78, 5) is 40.4. The summed E-state index contributed by atoms with van der Waals surface area (Å²) in [6.45, 7) is 9.05. The van der Waals surface area contributed by atoms with E-state index in [9.17, 15) is 14.4 Å². The maximum Gasteiger partial charge on any atom is 0.255 e. The van der Waals surface area contributed by atoms with Crippen molar-refractivity contribution in [3.63, 3.8) is 0 Å². The summed E-state index contributed by atoms with van der Waals surface area (Å²) < 4.78 is 10.7. The molecule has 0 aromatic carbocycles. The number of nitrogens with zero attached hydrogens (tertiary/aromatic N) is 1. The molecule has 2 saturated heterocycles. The molecule has 2 fully saturated rings. The molecule has 0 aliphatic carbocycles. The number of Topliss-reactive ketones (excluding diaryl/α,β-unsaturated/α-hetero) is 1. The Balaban J connectivity index is 1.65. The first kappa shape index (κ1) is 23.5. The third-order valence-electron chi connectivity index (χ3n) is 6.55. The zero-order chi connectivity index (χ0) is 22.4. The van der Waals surface area contributed by atoms with Crippen molar-refractivity contribution in [3.05, 3.63) is 24.2 Å². The largest absolute Gasteiger partial charge is 0.472 e. The van der Waals surface area contributed by atoms with Gasteiger partial charge in [-0.3, -0.25) is 14.4 Å². The molecule has 3 unspecified atom stereocenters. The minimum atomic E-state index is -0.732. The highest BCUT2D eigenvalue weighted by molar-refractivity contribution is 5.98. The highest BCUT2D eigenvalue weighted by Crippen LogP contribution is 2.19. The molecule has 0 saturated carbocycles. The van der Waals surface area contributed by atoms with Crippen molar-refractivity contribution in [1.29, 1.82) is 0 Å². The summed E-state index contributed by atoms with van der Waals surface area (Å²) in [5.41, 5.74) is 0.363. The van der Waals surface area contributed by atoms with Crippen molar-refractivity contribution in [1.82, 2.24) is 15.5 Å². The van der Waals surface area contributed by atoms with E-state index in [4.69, 9.17) is 9.15 Å². The Morgan fingerprint density at radius 3 is 2.58 bits per heavy atom. The lowest BCUT2D eigenvalue weighted by atomic mass is 9.91. The molecule has 2 aliphatic heterocycles. The average molecular weight is 434 g/mol. The molecule has 2 aliphatic rings. The monoisotopic (exact) mass is 433 g/mol. The van der Waals surface area contributed by atoms with Crippen molar-refractivity contribution < 1.29 is 23.5 Å². The Bertz CT molecular complexity index is 742. The molecule has 0 radical (unpaired) electrons. The van der Waals surface area contributed by atoms with Crippen LogP contribution in [0.15, 0.2) is 23.0 Å². The fraction of sp³-hybridized carbons (Fsp3) is 0.696. The minimum Gasteiger partial charge on any atom is -0.472 e. The summed E-state index contributed by atoms with van der Waals surface area (Å²) in [7, 11) is 0. The Kier molecular flexibility index (Phi) is 8.26. The van der Waals surface area contributed by atoms with Crippen molar-refractivity contribution >= 4 is 17.6 Å². The number of rotatable bonds is 10. The summed E-state index contributed by atoms with van der Waals surface area (Å²) in [5.74, 6) is 0.0493. The standard InChI is InChI=1S/C23H35N3O5/c1-15(2)16(3)6-7-18(24-22(28)17-8-11-30-13-17)23(29)25-21-19(27)14-31-20(21)12-26-9-4-5-10-26/h8,11,13,15-16,18,20-21H,4-7,9-10,12,14H2,1-3H3,(H,24,28)(H,25,29)/t16?,18-,20?,21?/m0/s1. The summed E-state index contributed by atoms with van der Waals surface area (Å²) >= 11 is 0. The number of amides is 2. The molecule has 2 amide bonds. The lowest BCUT2D eigenvalue weighted by Gasteiger charge is -2.26. The predicted octanol–water partition coefficient (Wildman–Crippen LogP) is 2.00. The van der Waals surface area contributed by atoms with Gasteiger partial charge in [0.15, 0.2) is 5.78 Å². The number of likely N-dealkylation sites (tertiary alicyclic amines) is 1. The molecule has 4 atom stereocenters. The van der Waals surface area contributed by atoms with Crippen LogP contribution in [0.2, 0.25) is 0 Å². The zero-order valence-electron chi connectivity index (χ0n) is 18.8. The number of hydrogen-bond donors (Lipinski definition) is 2. The van der Waals surface area contributed by atoms with Crippen LogP contribution >= 0.6 is 0 Å². The molecule has 0 spiro atoms. The van der Waals surface area contributed by atoms with Gasteiger partial charge in [-0.1, -0.05) is 20.8 Å². The Morgan fingerprint density at radius 2 is 1.94 bits per heavy atom. The van der Waals surface area contributed by atoms with E-state index in [1.807, 2.05) is 0 Å². The average Bonchev–Trinajstić information content (AvgIpc) is 3.50. The Labute approximate surface area is 184 Å². The van der Waals surface area contributed by atoms with Crippen molar-refractivity contribution in [2.45, 2.75) is 64.6 Å². The molecule has 8 heteroatoms. The minimum absolute atomic E-state index is 0.0138. The SMILES string of the molecule is CC(C)C(C)CC[C@H](NC(=O)c1ccoc1)C(=O)NC1C(=O)COC1CN1CCCC1. The smallest absolute Gasteiger partial charge is 0.255 e. The highest BCUT2D eigenvalue weighted by Gasteiger charge is 2.39. The number of hydrogen-bond acceptors (Lipinski definition) is 6. The molecule has 31 heavy (non-hydrogen) atoms. The molecule has 0 bridgehead atoms. The molecule has 1 aromatic rings. The van der Waals surface area contributed by atoms with Gasteiger partial charge in [0.2, 0.25) is 5.91 Å². The van der Waals surface area contributed by atoms with E-state index >= 15 is 0 Å². The number of ether oxygens (including phenoxy) is 1. The van der Waals surface area contributed by atoms with Crippen LogP contribution in [0.3, 0.4) is 0 Å². The van der Waals surface area contributed by atoms with Crippen molar-refractivity contribution in [3.8, 4) is 0 Å². The van der Waals surface area contributed by atoms with Crippen LogP contribution in [0.1, 0.15) is 56.8 Å². The van der Waals surface area contributed by atoms with Crippen molar-refractivity contribution in [2.75, 3.05) is 26.2 Å².